The lowest BCUT2D eigenvalue weighted by Crippen LogP contribution is -2.70. The fourth-order valence-corrected chi connectivity index (χ4v) is 6.66. The van der Waals surface area contributed by atoms with Crippen LogP contribution in [-0.2, 0) is 30.6 Å². The molecule has 2 aromatic carbocycles. The van der Waals surface area contributed by atoms with Gasteiger partial charge >= 0.3 is 0 Å². The molecule has 4 saturated heterocycles. The van der Waals surface area contributed by atoms with E-state index in [-0.39, 0.29) is 18.1 Å². The highest BCUT2D eigenvalue weighted by Crippen LogP contribution is 2.60. The molecule has 5 aliphatic rings. The Hall–Kier alpha value is -1.76. The molecule has 0 amide bonds. The molecule has 0 unspecified atom stereocenters. The molecule has 1 spiro atoms. The van der Waals surface area contributed by atoms with E-state index < -0.39 is 17.7 Å². The van der Waals surface area contributed by atoms with Crippen LogP contribution in [0.1, 0.15) is 52.0 Å². The van der Waals surface area contributed by atoms with Crippen LogP contribution in [-0.4, -0.2) is 24.0 Å². The van der Waals surface area contributed by atoms with Gasteiger partial charge in [0.05, 0.1) is 6.61 Å². The minimum absolute atomic E-state index is 0.189. The molecule has 0 radical (unpaired) electrons. The molecule has 5 nitrogen and oxygen atoms in total. The lowest BCUT2D eigenvalue weighted by Gasteiger charge is -2.60. The van der Waals surface area contributed by atoms with Crippen LogP contribution >= 0.6 is 0 Å². The van der Waals surface area contributed by atoms with Crippen molar-refractivity contribution in [2.45, 2.75) is 77.0 Å². The standard InChI is InChI=1S/C28H34O5/c1-18-9-14-24-19(2)25(30-26-28(24)23(18)15-16-27(3,31-26)32-33-28)29-17-20-10-12-22(13-11-20)21-7-5-4-6-8-21/h4-8,10-13,18-19,23-26H,9,14-17H2,1-3H3/t18-,19-,23+,24+,25-,26-,27-,28-/m1/s1. The van der Waals surface area contributed by atoms with Crippen LogP contribution in [0, 0.1) is 23.7 Å². The molecule has 5 fully saturated rings. The van der Waals surface area contributed by atoms with E-state index in [0.29, 0.717) is 18.4 Å². The summed E-state index contributed by atoms with van der Waals surface area (Å²) in [5.41, 5.74) is 3.02. The second-order valence-corrected chi connectivity index (χ2v) is 10.6. The summed E-state index contributed by atoms with van der Waals surface area (Å²) in [6.07, 6.45) is 3.35. The Morgan fingerprint density at radius 3 is 2.42 bits per heavy atom. The second-order valence-electron chi connectivity index (χ2n) is 10.6. The van der Waals surface area contributed by atoms with Crippen molar-refractivity contribution in [1.29, 1.82) is 0 Å². The molecular formula is C28H34O5. The quantitative estimate of drug-likeness (QED) is 0.529. The van der Waals surface area contributed by atoms with Gasteiger partial charge in [-0.25, -0.2) is 9.78 Å². The average Bonchev–Trinajstić information content (AvgIpc) is 3.07. The Morgan fingerprint density at radius 2 is 1.64 bits per heavy atom. The van der Waals surface area contributed by atoms with Crippen molar-refractivity contribution in [1.82, 2.24) is 0 Å². The Kier molecular flexibility index (Phi) is 5.39. The molecule has 4 heterocycles. The topological polar surface area (TPSA) is 46.2 Å². The molecule has 7 rings (SSSR count). The highest BCUT2D eigenvalue weighted by atomic mass is 17.3. The van der Waals surface area contributed by atoms with Gasteiger partial charge in [0.15, 0.2) is 18.2 Å². The molecular weight excluding hydrogens is 416 g/mol. The Labute approximate surface area is 196 Å². The van der Waals surface area contributed by atoms with Crippen molar-refractivity contribution in [3.05, 3.63) is 60.2 Å². The first-order chi connectivity index (χ1) is 16.0. The van der Waals surface area contributed by atoms with E-state index in [1.165, 1.54) is 17.5 Å². The Balaban J connectivity index is 1.20. The van der Waals surface area contributed by atoms with Crippen molar-refractivity contribution >= 4 is 0 Å². The van der Waals surface area contributed by atoms with E-state index in [2.05, 4.69) is 62.4 Å². The maximum atomic E-state index is 6.52. The zero-order chi connectivity index (χ0) is 22.6. The van der Waals surface area contributed by atoms with Crippen molar-refractivity contribution in [3.63, 3.8) is 0 Å². The van der Waals surface area contributed by atoms with Gasteiger partial charge in [0.2, 0.25) is 5.79 Å². The van der Waals surface area contributed by atoms with Crippen molar-refractivity contribution < 1.29 is 24.0 Å². The van der Waals surface area contributed by atoms with Crippen LogP contribution in [0.3, 0.4) is 0 Å². The molecule has 33 heavy (non-hydrogen) atoms. The predicted octanol–water partition coefficient (Wildman–Crippen LogP) is 6.08. The first kappa shape index (κ1) is 21.8. The van der Waals surface area contributed by atoms with Gasteiger partial charge in [-0.1, -0.05) is 68.4 Å². The number of benzene rings is 2. The van der Waals surface area contributed by atoms with E-state index >= 15 is 0 Å². The van der Waals surface area contributed by atoms with Crippen LogP contribution in [0.15, 0.2) is 54.6 Å². The van der Waals surface area contributed by atoms with Crippen molar-refractivity contribution in [2.24, 2.45) is 23.7 Å². The third kappa shape index (κ3) is 3.57. The number of fused-ring (bicyclic) bond motifs is 2. The maximum absolute atomic E-state index is 6.52. The molecule has 0 aromatic heterocycles. The molecule has 2 aromatic rings. The summed E-state index contributed by atoms with van der Waals surface area (Å²) in [7, 11) is 0. The molecule has 4 aliphatic heterocycles. The molecule has 176 valence electrons. The summed E-state index contributed by atoms with van der Waals surface area (Å²) >= 11 is 0. The highest BCUT2D eigenvalue weighted by molar-refractivity contribution is 5.63. The number of hydrogen-bond donors (Lipinski definition) is 0. The molecule has 1 saturated carbocycles. The van der Waals surface area contributed by atoms with Gasteiger partial charge in [-0.15, -0.1) is 0 Å². The van der Waals surface area contributed by atoms with E-state index in [4.69, 9.17) is 24.0 Å². The Bertz CT molecular complexity index is 978. The van der Waals surface area contributed by atoms with Crippen LogP contribution < -0.4 is 0 Å². The van der Waals surface area contributed by atoms with Crippen LogP contribution in [0.25, 0.3) is 11.1 Å². The van der Waals surface area contributed by atoms with Crippen molar-refractivity contribution in [3.8, 4) is 11.1 Å². The monoisotopic (exact) mass is 450 g/mol. The molecule has 1 aliphatic carbocycles. The van der Waals surface area contributed by atoms with E-state index in [9.17, 15) is 0 Å². The summed E-state index contributed by atoms with van der Waals surface area (Å²) < 4.78 is 19.3. The SMILES string of the molecule is C[C@H]1[C@H](OCc2ccc(-c3ccccc3)cc2)O[C@@H]2O[C@@]3(C)CC[C@H]4[C@H](C)CC[C@@H]1[C@@]24OO3. The van der Waals surface area contributed by atoms with Gasteiger partial charge in [0, 0.05) is 18.3 Å². The van der Waals surface area contributed by atoms with Gasteiger partial charge in [0.1, 0.15) is 0 Å². The van der Waals surface area contributed by atoms with E-state index in [1.54, 1.807) is 0 Å². The first-order valence-corrected chi connectivity index (χ1v) is 12.4. The lowest BCUT2D eigenvalue weighted by molar-refractivity contribution is -0.577. The van der Waals surface area contributed by atoms with E-state index in [1.807, 2.05) is 13.0 Å². The van der Waals surface area contributed by atoms with Crippen LogP contribution in [0.5, 0.6) is 0 Å². The normalized spacial score (nSPS) is 41.9. The lowest BCUT2D eigenvalue weighted by atomic mass is 9.58. The van der Waals surface area contributed by atoms with Gasteiger partial charge < -0.3 is 14.2 Å². The summed E-state index contributed by atoms with van der Waals surface area (Å²) in [5, 5.41) is 0. The average molecular weight is 451 g/mol. The first-order valence-electron chi connectivity index (χ1n) is 12.4. The van der Waals surface area contributed by atoms with Gasteiger partial charge in [-0.2, -0.15) is 0 Å². The minimum atomic E-state index is -0.754. The summed E-state index contributed by atoms with van der Waals surface area (Å²) in [4.78, 5) is 12.1. The van der Waals surface area contributed by atoms with Gasteiger partial charge in [-0.05, 0) is 54.7 Å². The summed E-state index contributed by atoms with van der Waals surface area (Å²) in [6.45, 7) is 7.03. The predicted molar refractivity (Wildman–Crippen MR) is 123 cm³/mol. The largest absolute Gasteiger partial charge is 0.348 e. The van der Waals surface area contributed by atoms with Crippen molar-refractivity contribution in [2.75, 3.05) is 0 Å². The fraction of sp³-hybridized carbons (Fsp3) is 0.571. The van der Waals surface area contributed by atoms with Gasteiger partial charge in [-0.3, -0.25) is 0 Å². The molecule has 0 N–H and O–H groups in total. The number of hydrogen-bond acceptors (Lipinski definition) is 5. The fourth-order valence-electron chi connectivity index (χ4n) is 6.66. The smallest absolute Gasteiger partial charge is 0.201 e. The third-order valence-corrected chi connectivity index (χ3v) is 8.57. The zero-order valence-electron chi connectivity index (χ0n) is 19.7. The van der Waals surface area contributed by atoms with Crippen LogP contribution in [0.2, 0.25) is 0 Å². The number of ether oxygens (including phenoxy) is 3. The van der Waals surface area contributed by atoms with Gasteiger partial charge in [0.25, 0.3) is 0 Å². The third-order valence-electron chi connectivity index (χ3n) is 8.57. The molecule has 2 bridgehead atoms. The van der Waals surface area contributed by atoms with Crippen LogP contribution in [0.4, 0.5) is 0 Å². The second kappa shape index (κ2) is 8.17. The molecule has 8 atom stereocenters. The van der Waals surface area contributed by atoms with E-state index in [0.717, 1.165) is 24.8 Å². The maximum Gasteiger partial charge on any atom is 0.201 e. The Morgan fingerprint density at radius 1 is 0.879 bits per heavy atom. The summed E-state index contributed by atoms with van der Waals surface area (Å²) in [5.74, 6) is 0.656. The summed E-state index contributed by atoms with van der Waals surface area (Å²) in [6, 6.07) is 19.0. The number of rotatable bonds is 4. The molecule has 5 heteroatoms. The highest BCUT2D eigenvalue weighted by Gasteiger charge is 2.69. The zero-order valence-corrected chi connectivity index (χ0v) is 19.7. The minimum Gasteiger partial charge on any atom is -0.348 e.